The van der Waals surface area contributed by atoms with Gasteiger partial charge in [0.2, 0.25) is 5.76 Å². The van der Waals surface area contributed by atoms with Crippen LogP contribution in [0.15, 0.2) is 17.0 Å². The molecule has 56 valence electrons. The Morgan fingerprint density at radius 1 is 1.82 bits per heavy atom. The van der Waals surface area contributed by atoms with Crippen LogP contribution in [-0.4, -0.2) is 11.0 Å². The molecule has 1 heterocycles. The summed E-state index contributed by atoms with van der Waals surface area (Å²) in [5, 5.41) is 0. The van der Waals surface area contributed by atoms with Gasteiger partial charge in [-0.15, -0.1) is 0 Å². The quantitative estimate of drug-likeness (QED) is 0.440. The molecule has 0 radical (unpaired) electrons. The molecule has 11 heavy (non-hydrogen) atoms. The minimum absolute atomic E-state index is 0.0488. The van der Waals surface area contributed by atoms with Crippen LogP contribution in [0.2, 0.25) is 0 Å². The fraction of sp³-hybridized carbons (Fsp3) is 0.143. The Kier molecular flexibility index (Phi) is 2.28. The lowest BCUT2D eigenvalue weighted by Gasteiger charge is -1.87. The van der Waals surface area contributed by atoms with Crippen LogP contribution in [0.25, 0.3) is 0 Å². The largest absolute Gasteiger partial charge is 0.436 e. The lowest BCUT2D eigenvalue weighted by Crippen LogP contribution is -1.98. The van der Waals surface area contributed by atoms with Crippen LogP contribution in [0, 0.1) is 12.0 Å². The van der Waals surface area contributed by atoms with Crippen molar-refractivity contribution in [3.8, 4) is 12.0 Å². The Hall–Kier alpha value is -1.76. The predicted molar refractivity (Wildman–Crippen MR) is 35.4 cm³/mol. The first-order valence-electron chi connectivity index (χ1n) is 2.86. The number of rotatable bonds is 1. The van der Waals surface area contributed by atoms with Gasteiger partial charge in [0.05, 0.1) is 6.20 Å². The Morgan fingerprint density at radius 2 is 2.64 bits per heavy atom. The van der Waals surface area contributed by atoms with Crippen molar-refractivity contribution in [2.24, 2.45) is 0 Å². The van der Waals surface area contributed by atoms with E-state index in [9.17, 15) is 4.79 Å². The van der Waals surface area contributed by atoms with E-state index < -0.39 is 5.97 Å². The lowest BCUT2D eigenvalue weighted by atomic mass is 10.5. The summed E-state index contributed by atoms with van der Waals surface area (Å²) in [5.74, 6) is 1.83. The maximum atomic E-state index is 10.8. The molecule has 0 bridgehead atoms. The summed E-state index contributed by atoms with van der Waals surface area (Å²) in [6.45, 7) is 1.56. The van der Waals surface area contributed by atoms with Gasteiger partial charge in [-0.25, -0.2) is 9.78 Å². The Labute approximate surface area is 63.2 Å². The molecule has 0 fully saturated rings. The zero-order valence-electron chi connectivity index (χ0n) is 5.83. The third kappa shape index (κ3) is 1.83. The third-order valence-corrected chi connectivity index (χ3v) is 0.879. The molecule has 0 N–H and O–H groups in total. The van der Waals surface area contributed by atoms with Crippen LogP contribution in [0.1, 0.15) is 17.5 Å². The number of oxazole rings is 1. The number of carbonyl (C=O) groups excluding carboxylic acids is 1. The summed E-state index contributed by atoms with van der Waals surface area (Å²) in [6.07, 6.45) is 4.56. The highest BCUT2D eigenvalue weighted by Crippen LogP contribution is 1.97. The Morgan fingerprint density at radius 3 is 3.18 bits per heavy atom. The molecule has 0 unspecified atom stereocenters. The summed E-state index contributed by atoms with van der Waals surface area (Å²) >= 11 is 0. The van der Waals surface area contributed by atoms with Crippen molar-refractivity contribution in [2.75, 3.05) is 0 Å². The van der Waals surface area contributed by atoms with E-state index in [-0.39, 0.29) is 5.76 Å². The molecule has 0 atom stereocenters. The molecule has 4 heteroatoms. The second-order valence-corrected chi connectivity index (χ2v) is 1.61. The molecule has 0 saturated carbocycles. The average molecular weight is 151 g/mol. The van der Waals surface area contributed by atoms with Crippen molar-refractivity contribution in [2.45, 2.75) is 6.92 Å². The third-order valence-electron chi connectivity index (χ3n) is 0.879. The molecule has 0 aliphatic carbocycles. The van der Waals surface area contributed by atoms with E-state index in [0.29, 0.717) is 0 Å². The number of esters is 1. The van der Waals surface area contributed by atoms with Crippen molar-refractivity contribution in [1.29, 1.82) is 0 Å². The number of ether oxygens (including phenoxy) is 1. The SMILES string of the molecule is CC#COC(=O)c1cnco1. The van der Waals surface area contributed by atoms with Crippen LogP contribution in [0.3, 0.4) is 0 Å². The van der Waals surface area contributed by atoms with Gasteiger partial charge in [0.1, 0.15) is 6.11 Å². The standard InChI is InChI=1S/C7H5NO3/c1-2-3-10-7(9)6-4-8-5-11-6/h4-5H,1H3. The van der Waals surface area contributed by atoms with Crippen molar-refractivity contribution in [3.05, 3.63) is 18.4 Å². The molecular formula is C7H5NO3. The van der Waals surface area contributed by atoms with Crippen molar-refractivity contribution in [3.63, 3.8) is 0 Å². The molecule has 0 amide bonds. The monoisotopic (exact) mass is 151 g/mol. The number of aromatic nitrogens is 1. The molecular weight excluding hydrogens is 146 g/mol. The molecule has 0 aromatic carbocycles. The smallest absolute Gasteiger partial charge is 0.389 e. The second-order valence-electron chi connectivity index (χ2n) is 1.61. The maximum absolute atomic E-state index is 10.8. The maximum Gasteiger partial charge on any atom is 0.389 e. The van der Waals surface area contributed by atoms with E-state index in [2.05, 4.69) is 26.2 Å². The van der Waals surface area contributed by atoms with E-state index in [1.807, 2.05) is 0 Å². The van der Waals surface area contributed by atoms with Gasteiger partial charge in [0.25, 0.3) is 0 Å². The summed E-state index contributed by atoms with van der Waals surface area (Å²) in [5.41, 5.74) is 0. The summed E-state index contributed by atoms with van der Waals surface area (Å²) in [6, 6.07) is 0. The van der Waals surface area contributed by atoms with Gasteiger partial charge >= 0.3 is 5.97 Å². The first kappa shape index (κ1) is 7.35. The molecule has 1 rings (SSSR count). The highest BCUT2D eigenvalue weighted by Gasteiger charge is 2.08. The van der Waals surface area contributed by atoms with E-state index in [0.717, 1.165) is 6.39 Å². The molecule has 4 nitrogen and oxygen atoms in total. The van der Waals surface area contributed by atoms with Gasteiger partial charge in [0.15, 0.2) is 6.39 Å². The van der Waals surface area contributed by atoms with Gasteiger partial charge in [-0.2, -0.15) is 0 Å². The lowest BCUT2D eigenvalue weighted by molar-refractivity contribution is 0.0656. The second kappa shape index (κ2) is 3.42. The summed E-state index contributed by atoms with van der Waals surface area (Å²) in [4.78, 5) is 14.3. The van der Waals surface area contributed by atoms with Crippen LogP contribution < -0.4 is 0 Å². The van der Waals surface area contributed by atoms with Crippen LogP contribution >= 0.6 is 0 Å². The van der Waals surface area contributed by atoms with E-state index in [4.69, 9.17) is 0 Å². The number of hydrogen-bond acceptors (Lipinski definition) is 4. The van der Waals surface area contributed by atoms with Gasteiger partial charge in [-0.1, -0.05) is 5.92 Å². The molecule has 1 aromatic rings. The summed E-state index contributed by atoms with van der Waals surface area (Å²) < 4.78 is 9.04. The zero-order valence-corrected chi connectivity index (χ0v) is 5.83. The number of hydrogen-bond donors (Lipinski definition) is 0. The topological polar surface area (TPSA) is 52.3 Å². The van der Waals surface area contributed by atoms with E-state index >= 15 is 0 Å². The Balaban J connectivity index is 2.61. The molecule has 1 aromatic heterocycles. The first-order chi connectivity index (χ1) is 5.34. The minimum atomic E-state index is -0.628. The van der Waals surface area contributed by atoms with Crippen molar-refractivity contribution < 1.29 is 13.9 Å². The zero-order chi connectivity index (χ0) is 8.10. The molecule has 0 saturated heterocycles. The summed E-state index contributed by atoms with van der Waals surface area (Å²) in [7, 11) is 0. The highest BCUT2D eigenvalue weighted by molar-refractivity contribution is 5.86. The van der Waals surface area contributed by atoms with Gasteiger partial charge in [-0.05, 0) is 0 Å². The average Bonchev–Trinajstić information content (AvgIpc) is 2.52. The number of nitrogens with zero attached hydrogens (tertiary/aromatic N) is 1. The Bertz CT molecular complexity index is 291. The van der Waals surface area contributed by atoms with E-state index in [1.54, 1.807) is 6.92 Å². The van der Waals surface area contributed by atoms with Crippen LogP contribution in [0.4, 0.5) is 0 Å². The highest BCUT2D eigenvalue weighted by atomic mass is 16.5. The van der Waals surface area contributed by atoms with Crippen LogP contribution in [0.5, 0.6) is 0 Å². The normalized spacial score (nSPS) is 8.09. The first-order valence-corrected chi connectivity index (χ1v) is 2.86. The number of carbonyl (C=O) groups is 1. The van der Waals surface area contributed by atoms with E-state index in [1.165, 1.54) is 6.20 Å². The molecule has 0 spiro atoms. The van der Waals surface area contributed by atoms with Crippen molar-refractivity contribution in [1.82, 2.24) is 4.98 Å². The van der Waals surface area contributed by atoms with Crippen LogP contribution in [-0.2, 0) is 4.74 Å². The predicted octanol–water partition coefficient (Wildman–Crippen LogP) is 0.812. The minimum Gasteiger partial charge on any atom is -0.436 e. The van der Waals surface area contributed by atoms with Gasteiger partial charge in [-0.3, -0.25) is 0 Å². The molecule has 0 aliphatic rings. The molecule has 0 aliphatic heterocycles. The van der Waals surface area contributed by atoms with Crippen molar-refractivity contribution >= 4 is 5.97 Å². The van der Waals surface area contributed by atoms with Gasteiger partial charge in [0, 0.05) is 6.92 Å². The fourth-order valence-corrected chi connectivity index (χ4v) is 0.464. The fourth-order valence-electron chi connectivity index (χ4n) is 0.464. The van der Waals surface area contributed by atoms with Gasteiger partial charge < -0.3 is 9.15 Å².